The number of ether oxygens (including phenoxy) is 1. The van der Waals surface area contributed by atoms with E-state index in [1.165, 1.54) is 38.5 Å². The topological polar surface area (TPSA) is 9.23 Å². The first-order chi connectivity index (χ1) is 6.83. The second-order valence-electron chi connectivity index (χ2n) is 5.40. The van der Waals surface area contributed by atoms with Gasteiger partial charge in [-0.1, -0.05) is 19.8 Å². The van der Waals surface area contributed by atoms with Gasteiger partial charge in [0.15, 0.2) is 0 Å². The van der Waals surface area contributed by atoms with Crippen molar-refractivity contribution in [1.29, 1.82) is 0 Å². The average Bonchev–Trinajstić information content (AvgIpc) is 2.59. The molecule has 0 amide bonds. The highest BCUT2D eigenvalue weighted by Gasteiger charge is 2.37. The SMILES string of the molecule is CCC1CCC2CC(COC)CC2C1. The fraction of sp³-hybridized carbons (Fsp3) is 1.00. The molecule has 4 unspecified atom stereocenters. The van der Waals surface area contributed by atoms with Crippen molar-refractivity contribution in [3.05, 3.63) is 0 Å². The monoisotopic (exact) mass is 196 g/mol. The van der Waals surface area contributed by atoms with Crippen LogP contribution in [0.25, 0.3) is 0 Å². The highest BCUT2D eigenvalue weighted by Crippen LogP contribution is 2.47. The van der Waals surface area contributed by atoms with E-state index in [4.69, 9.17) is 4.74 Å². The van der Waals surface area contributed by atoms with Crippen molar-refractivity contribution in [2.75, 3.05) is 13.7 Å². The van der Waals surface area contributed by atoms with Crippen LogP contribution in [0.3, 0.4) is 0 Å². The third-order valence-electron chi connectivity index (χ3n) is 4.50. The van der Waals surface area contributed by atoms with E-state index >= 15 is 0 Å². The third-order valence-corrected chi connectivity index (χ3v) is 4.50. The maximum atomic E-state index is 5.28. The van der Waals surface area contributed by atoms with Crippen LogP contribution < -0.4 is 0 Å². The van der Waals surface area contributed by atoms with Crippen LogP contribution in [0.15, 0.2) is 0 Å². The van der Waals surface area contributed by atoms with E-state index in [0.29, 0.717) is 0 Å². The Morgan fingerprint density at radius 3 is 2.43 bits per heavy atom. The Balaban J connectivity index is 1.85. The lowest BCUT2D eigenvalue weighted by Gasteiger charge is -2.31. The van der Waals surface area contributed by atoms with Gasteiger partial charge in [0.25, 0.3) is 0 Å². The molecule has 0 N–H and O–H groups in total. The first-order valence-electron chi connectivity index (χ1n) is 6.32. The van der Waals surface area contributed by atoms with Crippen molar-refractivity contribution in [3.63, 3.8) is 0 Å². The van der Waals surface area contributed by atoms with Crippen molar-refractivity contribution >= 4 is 0 Å². The summed E-state index contributed by atoms with van der Waals surface area (Å²) in [4.78, 5) is 0. The van der Waals surface area contributed by atoms with E-state index in [2.05, 4.69) is 6.92 Å². The van der Waals surface area contributed by atoms with Crippen molar-refractivity contribution < 1.29 is 4.74 Å². The first-order valence-corrected chi connectivity index (χ1v) is 6.32. The fourth-order valence-electron chi connectivity index (χ4n) is 3.72. The molecule has 2 rings (SSSR count). The summed E-state index contributed by atoms with van der Waals surface area (Å²) in [7, 11) is 1.84. The minimum absolute atomic E-state index is 0.880. The highest BCUT2D eigenvalue weighted by molar-refractivity contribution is 4.88. The van der Waals surface area contributed by atoms with Crippen LogP contribution >= 0.6 is 0 Å². The molecule has 0 aromatic heterocycles. The van der Waals surface area contributed by atoms with Gasteiger partial charge < -0.3 is 4.74 Å². The predicted molar refractivity (Wildman–Crippen MR) is 59.2 cm³/mol. The van der Waals surface area contributed by atoms with Crippen LogP contribution in [0.4, 0.5) is 0 Å². The Hall–Kier alpha value is -0.0400. The maximum Gasteiger partial charge on any atom is 0.0490 e. The minimum atomic E-state index is 0.880. The number of hydrogen-bond donors (Lipinski definition) is 0. The lowest BCUT2D eigenvalue weighted by Crippen LogP contribution is -2.19. The van der Waals surface area contributed by atoms with Gasteiger partial charge in [0, 0.05) is 13.7 Å². The smallest absolute Gasteiger partial charge is 0.0490 e. The van der Waals surface area contributed by atoms with E-state index in [-0.39, 0.29) is 0 Å². The fourth-order valence-corrected chi connectivity index (χ4v) is 3.72. The van der Waals surface area contributed by atoms with Crippen molar-refractivity contribution in [2.45, 2.75) is 45.4 Å². The Kier molecular flexibility index (Phi) is 3.48. The largest absolute Gasteiger partial charge is 0.384 e. The summed E-state index contributed by atoms with van der Waals surface area (Å²) in [6.45, 7) is 3.36. The Morgan fingerprint density at radius 1 is 1.00 bits per heavy atom. The van der Waals surface area contributed by atoms with Gasteiger partial charge >= 0.3 is 0 Å². The average molecular weight is 196 g/mol. The van der Waals surface area contributed by atoms with Crippen molar-refractivity contribution in [3.8, 4) is 0 Å². The lowest BCUT2D eigenvalue weighted by molar-refractivity contribution is 0.152. The van der Waals surface area contributed by atoms with E-state index in [1.807, 2.05) is 7.11 Å². The Bertz CT molecular complexity index is 178. The summed E-state index contributed by atoms with van der Waals surface area (Å²) < 4.78 is 5.28. The zero-order chi connectivity index (χ0) is 9.97. The molecule has 0 aromatic rings. The molecule has 0 spiro atoms. The zero-order valence-corrected chi connectivity index (χ0v) is 9.67. The summed E-state index contributed by atoms with van der Waals surface area (Å²) >= 11 is 0. The third kappa shape index (κ3) is 2.13. The van der Waals surface area contributed by atoms with Gasteiger partial charge in [-0.05, 0) is 49.4 Å². The molecule has 1 nitrogen and oxygen atoms in total. The molecule has 14 heavy (non-hydrogen) atoms. The molecule has 2 aliphatic carbocycles. The zero-order valence-electron chi connectivity index (χ0n) is 9.67. The molecule has 2 saturated carbocycles. The van der Waals surface area contributed by atoms with Gasteiger partial charge in [0.2, 0.25) is 0 Å². The molecule has 0 heterocycles. The van der Waals surface area contributed by atoms with Crippen LogP contribution in [-0.4, -0.2) is 13.7 Å². The molecule has 4 atom stereocenters. The Labute approximate surface area is 88.2 Å². The second kappa shape index (κ2) is 4.65. The molecule has 82 valence electrons. The number of methoxy groups -OCH3 is 1. The summed E-state index contributed by atoms with van der Waals surface area (Å²) in [6, 6.07) is 0. The van der Waals surface area contributed by atoms with Crippen LogP contribution in [0.5, 0.6) is 0 Å². The second-order valence-corrected chi connectivity index (χ2v) is 5.40. The number of rotatable bonds is 3. The van der Waals surface area contributed by atoms with Gasteiger partial charge in [-0.25, -0.2) is 0 Å². The maximum absolute atomic E-state index is 5.28. The minimum Gasteiger partial charge on any atom is -0.384 e. The first kappa shape index (κ1) is 10.5. The van der Waals surface area contributed by atoms with Crippen LogP contribution in [-0.2, 0) is 4.74 Å². The number of hydrogen-bond acceptors (Lipinski definition) is 1. The molecule has 2 fully saturated rings. The van der Waals surface area contributed by atoms with Crippen LogP contribution in [0.1, 0.15) is 45.4 Å². The van der Waals surface area contributed by atoms with E-state index < -0.39 is 0 Å². The van der Waals surface area contributed by atoms with Gasteiger partial charge in [0.1, 0.15) is 0 Å². The van der Waals surface area contributed by atoms with Gasteiger partial charge in [-0.15, -0.1) is 0 Å². The summed E-state index contributed by atoms with van der Waals surface area (Å²) in [5.74, 6) is 4.02. The molecule has 0 radical (unpaired) electrons. The molecular formula is C13H24O. The quantitative estimate of drug-likeness (QED) is 0.671. The van der Waals surface area contributed by atoms with E-state index in [9.17, 15) is 0 Å². The standard InChI is InChI=1S/C13H24O/c1-3-10-4-5-12-7-11(9-14-2)8-13(12)6-10/h10-13H,3-9H2,1-2H3. The van der Waals surface area contributed by atoms with Crippen molar-refractivity contribution in [2.24, 2.45) is 23.7 Å². The summed E-state index contributed by atoms with van der Waals surface area (Å²) in [6.07, 6.45) is 8.82. The molecule has 0 saturated heterocycles. The van der Waals surface area contributed by atoms with E-state index in [0.717, 1.165) is 30.3 Å². The molecule has 0 aliphatic heterocycles. The van der Waals surface area contributed by atoms with Crippen LogP contribution in [0.2, 0.25) is 0 Å². The van der Waals surface area contributed by atoms with Crippen molar-refractivity contribution in [1.82, 2.24) is 0 Å². The normalized spacial score (nSPS) is 42.4. The van der Waals surface area contributed by atoms with Gasteiger partial charge in [0.05, 0.1) is 0 Å². The summed E-state index contributed by atoms with van der Waals surface area (Å²) in [5, 5.41) is 0. The molecule has 2 aliphatic rings. The van der Waals surface area contributed by atoms with Crippen LogP contribution in [0, 0.1) is 23.7 Å². The highest BCUT2D eigenvalue weighted by atomic mass is 16.5. The van der Waals surface area contributed by atoms with Gasteiger partial charge in [-0.3, -0.25) is 0 Å². The lowest BCUT2D eigenvalue weighted by atomic mass is 9.75. The van der Waals surface area contributed by atoms with E-state index in [1.54, 1.807) is 0 Å². The molecule has 0 bridgehead atoms. The number of fused-ring (bicyclic) bond motifs is 1. The Morgan fingerprint density at radius 2 is 1.71 bits per heavy atom. The van der Waals surface area contributed by atoms with Gasteiger partial charge in [-0.2, -0.15) is 0 Å². The molecule has 0 aromatic carbocycles. The predicted octanol–water partition coefficient (Wildman–Crippen LogP) is 3.49. The molecule has 1 heteroatoms. The summed E-state index contributed by atoms with van der Waals surface area (Å²) in [5.41, 5.74) is 0. The molecular weight excluding hydrogens is 172 g/mol.